The number of esters is 1. The molecule has 2 aliphatic rings. The van der Waals surface area contributed by atoms with Gasteiger partial charge in [-0.3, -0.25) is 0 Å². The topological polar surface area (TPSA) is 95.8 Å². The van der Waals surface area contributed by atoms with E-state index >= 15 is 0 Å². The Hall–Kier alpha value is -3.72. The fourth-order valence-corrected chi connectivity index (χ4v) is 4.54. The second-order valence-corrected chi connectivity index (χ2v) is 9.63. The van der Waals surface area contributed by atoms with E-state index in [-0.39, 0.29) is 0 Å². The first-order chi connectivity index (χ1) is 18.1. The summed E-state index contributed by atoms with van der Waals surface area (Å²) < 4.78 is 5.43. The lowest BCUT2D eigenvalue weighted by molar-refractivity contribution is 0.0735. The number of carbonyl (C=O) groups excluding carboxylic acids is 1. The third kappa shape index (κ3) is 6.74. The van der Waals surface area contributed by atoms with Crippen LogP contribution in [0.15, 0.2) is 53.6 Å². The van der Waals surface area contributed by atoms with Gasteiger partial charge in [0.25, 0.3) is 0 Å². The fourth-order valence-electron chi connectivity index (χ4n) is 4.41. The van der Waals surface area contributed by atoms with Crippen molar-refractivity contribution in [2.45, 2.75) is 38.5 Å². The Bertz CT molecular complexity index is 1190. The van der Waals surface area contributed by atoms with Crippen molar-refractivity contribution in [3.8, 4) is 5.75 Å². The van der Waals surface area contributed by atoms with Crippen LogP contribution in [-0.4, -0.2) is 53.3 Å². The Morgan fingerprint density at radius 3 is 1.95 bits per heavy atom. The van der Waals surface area contributed by atoms with E-state index in [1.165, 1.54) is 12.8 Å². The first-order valence-corrected chi connectivity index (χ1v) is 13.1. The summed E-state index contributed by atoms with van der Waals surface area (Å²) in [5.41, 5.74) is 4.25. The monoisotopic (exact) mass is 519 g/mol. The largest absolute Gasteiger partial charge is 0.423 e. The molecule has 1 N–H and O–H groups in total. The maximum atomic E-state index is 12.3. The number of rotatable bonds is 7. The quantitative estimate of drug-likeness (QED) is 0.198. The Morgan fingerprint density at radius 1 is 0.811 bits per heavy atom. The number of aromatic nitrogens is 3. The molecule has 0 saturated carbocycles. The number of hydrazone groups is 1. The van der Waals surface area contributed by atoms with E-state index in [1.54, 1.807) is 42.6 Å². The van der Waals surface area contributed by atoms with Crippen LogP contribution in [0.5, 0.6) is 5.75 Å². The zero-order chi connectivity index (χ0) is 25.5. The van der Waals surface area contributed by atoms with Crippen LogP contribution in [0.3, 0.4) is 0 Å². The summed E-state index contributed by atoms with van der Waals surface area (Å²) in [6.45, 7) is 3.84. The third-order valence-corrected chi connectivity index (χ3v) is 6.69. The first-order valence-electron chi connectivity index (χ1n) is 12.8. The molecule has 0 spiro atoms. The normalized spacial score (nSPS) is 16.1. The number of ether oxygens (including phenoxy) is 1. The lowest BCUT2D eigenvalue weighted by Gasteiger charge is -2.30. The molecular formula is C27H30ClN7O2. The summed E-state index contributed by atoms with van der Waals surface area (Å²) in [7, 11) is 0. The maximum absolute atomic E-state index is 12.3. The molecule has 192 valence electrons. The molecule has 1 aromatic heterocycles. The minimum Gasteiger partial charge on any atom is -0.423 e. The smallest absolute Gasteiger partial charge is 0.343 e. The highest BCUT2D eigenvalue weighted by atomic mass is 35.5. The van der Waals surface area contributed by atoms with Crippen molar-refractivity contribution in [3.05, 3.63) is 64.7 Å². The summed E-state index contributed by atoms with van der Waals surface area (Å²) in [5, 5.41) is 4.91. The van der Waals surface area contributed by atoms with Crippen LogP contribution >= 0.6 is 11.6 Å². The Labute approximate surface area is 221 Å². The van der Waals surface area contributed by atoms with Gasteiger partial charge in [0.1, 0.15) is 5.75 Å². The minimum absolute atomic E-state index is 0.431. The van der Waals surface area contributed by atoms with Crippen molar-refractivity contribution in [2.24, 2.45) is 5.10 Å². The van der Waals surface area contributed by atoms with Crippen LogP contribution < -0.4 is 20.0 Å². The van der Waals surface area contributed by atoms with Crippen LogP contribution in [0.25, 0.3) is 0 Å². The molecule has 10 heteroatoms. The molecule has 3 aromatic rings. The number of piperidine rings is 2. The number of nitrogens with zero attached hydrogens (tertiary/aromatic N) is 6. The van der Waals surface area contributed by atoms with E-state index in [0.717, 1.165) is 57.4 Å². The number of nitrogens with one attached hydrogen (secondary N) is 1. The van der Waals surface area contributed by atoms with E-state index in [2.05, 4.69) is 30.3 Å². The van der Waals surface area contributed by atoms with Gasteiger partial charge in [0.15, 0.2) is 0 Å². The summed E-state index contributed by atoms with van der Waals surface area (Å²) in [6, 6.07) is 13.7. The van der Waals surface area contributed by atoms with E-state index in [9.17, 15) is 4.79 Å². The van der Waals surface area contributed by atoms with Gasteiger partial charge >= 0.3 is 5.97 Å². The molecule has 0 unspecified atom stereocenters. The van der Waals surface area contributed by atoms with Crippen molar-refractivity contribution in [2.75, 3.05) is 41.4 Å². The van der Waals surface area contributed by atoms with Gasteiger partial charge < -0.3 is 14.5 Å². The molecule has 2 aliphatic heterocycles. The molecule has 37 heavy (non-hydrogen) atoms. The van der Waals surface area contributed by atoms with Crippen LogP contribution in [0.4, 0.5) is 17.8 Å². The SMILES string of the molecule is O=C(Oc1ccc(/C=N/Nc2nc(N3CCCCC3)nc(N3CCCCC3)n2)cc1)c1ccc(Cl)cc1. The van der Waals surface area contributed by atoms with E-state index < -0.39 is 5.97 Å². The first kappa shape index (κ1) is 25.0. The average molecular weight is 520 g/mol. The molecular weight excluding hydrogens is 490 g/mol. The van der Waals surface area contributed by atoms with Crippen LogP contribution in [0.2, 0.25) is 5.02 Å². The van der Waals surface area contributed by atoms with Gasteiger partial charge in [-0.25, -0.2) is 10.2 Å². The molecule has 0 atom stereocenters. The molecule has 2 fully saturated rings. The summed E-state index contributed by atoms with van der Waals surface area (Å²) in [6.07, 6.45) is 8.76. The zero-order valence-electron chi connectivity index (χ0n) is 20.6. The molecule has 0 bridgehead atoms. The van der Waals surface area contributed by atoms with Gasteiger partial charge in [-0.2, -0.15) is 20.1 Å². The van der Waals surface area contributed by atoms with Gasteiger partial charge in [-0.1, -0.05) is 11.6 Å². The number of benzene rings is 2. The molecule has 0 aliphatic carbocycles. The molecule has 2 aromatic carbocycles. The second kappa shape index (κ2) is 12.0. The highest BCUT2D eigenvalue weighted by molar-refractivity contribution is 6.30. The predicted octanol–water partition coefficient (Wildman–Crippen LogP) is 5.17. The van der Waals surface area contributed by atoms with Crippen molar-refractivity contribution in [1.82, 2.24) is 15.0 Å². The van der Waals surface area contributed by atoms with E-state index in [4.69, 9.17) is 21.3 Å². The fraction of sp³-hybridized carbons (Fsp3) is 0.370. The van der Waals surface area contributed by atoms with Gasteiger partial charge in [-0.15, -0.1) is 0 Å². The third-order valence-electron chi connectivity index (χ3n) is 6.44. The Morgan fingerprint density at radius 2 is 1.38 bits per heavy atom. The summed E-state index contributed by atoms with van der Waals surface area (Å²) in [5.74, 6) is 1.85. The van der Waals surface area contributed by atoms with Crippen LogP contribution in [-0.2, 0) is 0 Å². The highest BCUT2D eigenvalue weighted by Gasteiger charge is 2.20. The summed E-state index contributed by atoms with van der Waals surface area (Å²) in [4.78, 5) is 30.9. The number of carbonyl (C=O) groups is 1. The maximum Gasteiger partial charge on any atom is 0.343 e. The number of anilines is 3. The number of hydrogen-bond acceptors (Lipinski definition) is 9. The van der Waals surface area contributed by atoms with Gasteiger partial charge in [-0.05, 0) is 92.6 Å². The number of hydrogen-bond donors (Lipinski definition) is 1. The van der Waals surface area contributed by atoms with Crippen molar-refractivity contribution < 1.29 is 9.53 Å². The van der Waals surface area contributed by atoms with Crippen LogP contribution in [0.1, 0.15) is 54.4 Å². The molecule has 9 nitrogen and oxygen atoms in total. The van der Waals surface area contributed by atoms with Gasteiger partial charge in [0.05, 0.1) is 11.8 Å². The van der Waals surface area contributed by atoms with E-state index in [0.29, 0.717) is 34.2 Å². The van der Waals surface area contributed by atoms with Gasteiger partial charge in [0.2, 0.25) is 17.8 Å². The van der Waals surface area contributed by atoms with Crippen molar-refractivity contribution in [3.63, 3.8) is 0 Å². The Balaban J connectivity index is 1.24. The Kier molecular flexibility index (Phi) is 8.10. The van der Waals surface area contributed by atoms with Crippen molar-refractivity contribution >= 4 is 41.6 Å². The zero-order valence-corrected chi connectivity index (χ0v) is 21.4. The van der Waals surface area contributed by atoms with Gasteiger partial charge in [0, 0.05) is 31.2 Å². The lowest BCUT2D eigenvalue weighted by Crippen LogP contribution is -2.34. The molecule has 0 amide bonds. The molecule has 2 saturated heterocycles. The lowest BCUT2D eigenvalue weighted by atomic mass is 10.1. The highest BCUT2D eigenvalue weighted by Crippen LogP contribution is 2.22. The predicted molar refractivity (Wildman–Crippen MR) is 146 cm³/mol. The summed E-state index contributed by atoms with van der Waals surface area (Å²) >= 11 is 5.88. The van der Waals surface area contributed by atoms with Crippen molar-refractivity contribution in [1.29, 1.82) is 0 Å². The average Bonchev–Trinajstić information content (AvgIpc) is 2.95. The standard InChI is InChI=1S/C27H30ClN7O2/c28-22-11-9-21(10-12-22)24(36)37-23-13-7-20(8-14-23)19-29-33-25-30-26(34-15-3-1-4-16-34)32-27(31-25)35-17-5-2-6-18-35/h7-14,19H,1-6,15-18H2,(H,30,31,32,33)/b29-19+. The van der Waals surface area contributed by atoms with Crippen LogP contribution in [0, 0.1) is 0 Å². The second-order valence-electron chi connectivity index (χ2n) is 9.19. The molecule has 0 radical (unpaired) electrons. The molecule has 3 heterocycles. The minimum atomic E-state index is -0.441. The number of halogens is 1. The van der Waals surface area contributed by atoms with E-state index in [1.807, 2.05) is 12.1 Å². The molecule has 5 rings (SSSR count).